The van der Waals surface area contributed by atoms with Crippen LogP contribution in [0.3, 0.4) is 0 Å². The number of benzene rings is 2. The number of piperidine rings is 2. The summed E-state index contributed by atoms with van der Waals surface area (Å²) in [5.41, 5.74) is 14.3. The van der Waals surface area contributed by atoms with E-state index in [1.54, 1.807) is 35.4 Å². The highest BCUT2D eigenvalue weighted by Crippen LogP contribution is 2.28. The second-order valence-corrected chi connectivity index (χ2v) is 14.0. The molecule has 0 radical (unpaired) electrons. The van der Waals surface area contributed by atoms with E-state index in [0.29, 0.717) is 55.5 Å². The molecule has 2 atom stereocenters. The highest BCUT2D eigenvalue weighted by atomic mass is 32.2. The zero-order valence-electron chi connectivity index (χ0n) is 26.0. The number of sulfonamides is 1. The number of rotatable bonds is 9. The van der Waals surface area contributed by atoms with Gasteiger partial charge < -0.3 is 32.0 Å². The second kappa shape index (κ2) is 13.6. The fourth-order valence-electron chi connectivity index (χ4n) is 6.43. The Hall–Kier alpha value is -4.73. The number of fused-ring (bicyclic) bond motifs is 1. The monoisotopic (exact) mass is 659 g/mol. The van der Waals surface area contributed by atoms with Gasteiger partial charge in [-0.25, -0.2) is 17.9 Å². The number of nitrogens with zero attached hydrogens (tertiary/aromatic N) is 3. The number of guanidine groups is 2. The molecule has 0 aliphatic carbocycles. The van der Waals surface area contributed by atoms with Crippen LogP contribution in [0.5, 0.6) is 0 Å². The molecule has 4 aromatic rings. The number of likely N-dealkylation sites (tertiary alicyclic amines) is 1. The molecule has 0 bridgehead atoms. The molecule has 2 aliphatic rings. The van der Waals surface area contributed by atoms with Crippen LogP contribution < -0.4 is 32.5 Å². The van der Waals surface area contributed by atoms with Crippen molar-refractivity contribution in [2.24, 2.45) is 11.5 Å². The molecule has 0 spiro atoms. The lowest BCUT2D eigenvalue weighted by atomic mass is 9.92. The second-order valence-electron chi connectivity index (χ2n) is 12.2. The van der Waals surface area contributed by atoms with Crippen molar-refractivity contribution in [2.75, 3.05) is 19.6 Å². The molecule has 0 unspecified atom stereocenters. The van der Waals surface area contributed by atoms with Crippen LogP contribution in [0.2, 0.25) is 0 Å². The van der Waals surface area contributed by atoms with Crippen molar-refractivity contribution >= 4 is 33.0 Å². The zero-order chi connectivity index (χ0) is 33.1. The molecule has 2 aromatic carbocycles. The quantitative estimate of drug-likeness (QED) is 0.0971. The molecule has 47 heavy (non-hydrogen) atoms. The van der Waals surface area contributed by atoms with Gasteiger partial charge in [0.2, 0.25) is 10.0 Å². The first-order valence-corrected chi connectivity index (χ1v) is 17.3. The summed E-state index contributed by atoms with van der Waals surface area (Å²) in [6, 6.07) is 16.8. The first-order chi connectivity index (χ1) is 22.6. The van der Waals surface area contributed by atoms with Crippen LogP contribution >= 0.6 is 0 Å². The summed E-state index contributed by atoms with van der Waals surface area (Å²) in [6.45, 7) is 1.73. The third-order valence-electron chi connectivity index (χ3n) is 9.01. The Morgan fingerprint density at radius 2 is 1.72 bits per heavy atom. The number of nitrogens with one attached hydrogen (secondary N) is 6. The zero-order valence-corrected chi connectivity index (χ0v) is 26.8. The Labute approximate surface area is 273 Å². The fraction of sp³-hybridized carbons (Fsp3) is 0.375. The van der Waals surface area contributed by atoms with Crippen LogP contribution in [0.25, 0.3) is 28.0 Å². The normalized spacial score (nSPS) is 19.1. The maximum Gasteiger partial charge on any atom is 0.354 e. The largest absolute Gasteiger partial charge is 0.370 e. The molecule has 6 rings (SSSR count). The smallest absolute Gasteiger partial charge is 0.354 e. The fourth-order valence-corrected chi connectivity index (χ4v) is 7.74. The maximum atomic E-state index is 13.0. The van der Waals surface area contributed by atoms with Gasteiger partial charge in [-0.2, -0.15) is 4.98 Å². The minimum absolute atomic E-state index is 0.00320. The van der Waals surface area contributed by atoms with Crippen LogP contribution in [0.15, 0.2) is 70.5 Å². The Kier molecular flexibility index (Phi) is 9.29. The van der Waals surface area contributed by atoms with E-state index >= 15 is 0 Å². The van der Waals surface area contributed by atoms with E-state index < -0.39 is 15.7 Å². The van der Waals surface area contributed by atoms with Gasteiger partial charge in [-0.05, 0) is 73.6 Å². The number of aromatic amines is 1. The van der Waals surface area contributed by atoms with Crippen LogP contribution in [0.4, 0.5) is 0 Å². The van der Waals surface area contributed by atoms with Gasteiger partial charge in [-0.1, -0.05) is 30.7 Å². The van der Waals surface area contributed by atoms with Crippen LogP contribution in [0.1, 0.15) is 50.1 Å². The van der Waals surface area contributed by atoms with Gasteiger partial charge in [0.25, 0.3) is 0 Å². The van der Waals surface area contributed by atoms with Gasteiger partial charge in [-0.15, -0.1) is 0 Å². The molecule has 10 N–H and O–H groups in total. The maximum absolute atomic E-state index is 13.0. The van der Waals surface area contributed by atoms with E-state index in [0.717, 1.165) is 42.2 Å². The minimum atomic E-state index is -3.72. The van der Waals surface area contributed by atoms with Crippen LogP contribution in [0, 0.1) is 10.8 Å². The van der Waals surface area contributed by atoms with Crippen LogP contribution in [-0.2, 0) is 10.0 Å². The molecular weight excluding hydrogens is 618 g/mol. The van der Waals surface area contributed by atoms with Crippen molar-refractivity contribution in [3.63, 3.8) is 0 Å². The van der Waals surface area contributed by atoms with E-state index in [4.69, 9.17) is 22.3 Å². The van der Waals surface area contributed by atoms with E-state index in [1.807, 2.05) is 30.3 Å². The molecule has 2 aromatic heterocycles. The topological polar surface area (TPSA) is 224 Å². The van der Waals surface area contributed by atoms with Crippen molar-refractivity contribution in [1.82, 2.24) is 34.8 Å². The molecule has 4 heterocycles. The van der Waals surface area contributed by atoms with Gasteiger partial charge in [-0.3, -0.25) is 15.4 Å². The number of aromatic nitrogens is 3. The number of nitrogens with two attached hydrogens (primary N) is 2. The molecule has 2 fully saturated rings. The Morgan fingerprint density at radius 1 is 1.00 bits per heavy atom. The number of H-pyrrole nitrogens is 1. The lowest BCUT2D eigenvalue weighted by molar-refractivity contribution is 0.298. The third kappa shape index (κ3) is 7.48. The highest BCUT2D eigenvalue weighted by molar-refractivity contribution is 7.89. The van der Waals surface area contributed by atoms with Gasteiger partial charge in [0.15, 0.2) is 11.9 Å². The molecular formula is C32H41N11O3S. The lowest BCUT2D eigenvalue weighted by Gasteiger charge is -2.32. The van der Waals surface area contributed by atoms with E-state index in [-0.39, 0.29) is 28.9 Å². The minimum Gasteiger partial charge on any atom is -0.370 e. The number of hydrogen-bond donors (Lipinski definition) is 8. The summed E-state index contributed by atoms with van der Waals surface area (Å²) in [4.78, 5) is 22.4. The first kappa shape index (κ1) is 32.2. The average Bonchev–Trinajstić information content (AvgIpc) is 3.47. The Bertz CT molecular complexity index is 1910. The van der Waals surface area contributed by atoms with Crippen molar-refractivity contribution < 1.29 is 8.42 Å². The van der Waals surface area contributed by atoms with Gasteiger partial charge in [0, 0.05) is 55.0 Å². The summed E-state index contributed by atoms with van der Waals surface area (Å²) < 4.78 is 30.4. The van der Waals surface area contributed by atoms with Crippen molar-refractivity contribution in [3.05, 3.63) is 76.8 Å². The predicted octanol–water partition coefficient (Wildman–Crippen LogP) is 2.07. The van der Waals surface area contributed by atoms with Gasteiger partial charge >= 0.3 is 5.69 Å². The predicted molar refractivity (Wildman–Crippen MR) is 182 cm³/mol. The summed E-state index contributed by atoms with van der Waals surface area (Å²) in [5, 5.41) is 22.2. The molecule has 14 nitrogen and oxygen atoms in total. The first-order valence-electron chi connectivity index (χ1n) is 15.8. The third-order valence-corrected chi connectivity index (χ3v) is 10.5. The van der Waals surface area contributed by atoms with Crippen molar-refractivity contribution in [2.45, 2.75) is 61.5 Å². The molecule has 0 amide bonds. The SMILES string of the molecule is N=C(N)NCC[C@@H]1CCC[C@@H](c2ccc(-n3cc4cc(-c5ccc(S(=O)(=O)NC6CCN(C(=N)N)CC6)cc5)[nH]c4nc3=O)cc2)N1. The van der Waals surface area contributed by atoms with Crippen LogP contribution in [-0.4, -0.2) is 71.5 Å². The van der Waals surface area contributed by atoms with Crippen molar-refractivity contribution in [1.29, 1.82) is 10.8 Å². The summed E-state index contributed by atoms with van der Waals surface area (Å²) in [7, 11) is -3.72. The average molecular weight is 660 g/mol. The molecule has 248 valence electrons. The Balaban J connectivity index is 1.13. The Morgan fingerprint density at radius 3 is 2.40 bits per heavy atom. The standard InChI is InChI=1S/C32H41N11O3S/c33-30(34)37-15-12-23-2-1-3-27(38-23)20-4-8-25(9-5-20)43-19-22-18-28(39-29(22)40-32(43)44)21-6-10-26(11-7-21)47(45,46)41-24-13-16-42(17-14-24)31(35)36/h4-11,18-19,23-24,27,38,41H,1-3,12-17H2,(H3,35,36)(H4,33,34,37)(H,39,40,44)/t23-,27-/m0/s1. The summed E-state index contributed by atoms with van der Waals surface area (Å²) >= 11 is 0. The van der Waals surface area contributed by atoms with Gasteiger partial charge in [0.05, 0.1) is 10.6 Å². The van der Waals surface area contributed by atoms with E-state index in [9.17, 15) is 13.2 Å². The lowest BCUT2D eigenvalue weighted by Crippen LogP contribution is -2.48. The molecule has 2 saturated heterocycles. The molecule has 15 heteroatoms. The highest BCUT2D eigenvalue weighted by Gasteiger charge is 2.25. The molecule has 2 aliphatic heterocycles. The number of hydrogen-bond acceptors (Lipinski definition) is 7. The van der Waals surface area contributed by atoms with Gasteiger partial charge in [0.1, 0.15) is 5.65 Å². The van der Waals surface area contributed by atoms with E-state index in [2.05, 4.69) is 25.3 Å². The molecule has 0 saturated carbocycles. The summed E-state index contributed by atoms with van der Waals surface area (Å²) in [6.07, 6.45) is 7.02. The van der Waals surface area contributed by atoms with E-state index in [1.165, 1.54) is 4.57 Å². The summed E-state index contributed by atoms with van der Waals surface area (Å²) in [5.74, 6) is -0.00845. The van der Waals surface area contributed by atoms with Crippen molar-refractivity contribution in [3.8, 4) is 16.9 Å².